The van der Waals surface area contributed by atoms with Crippen molar-refractivity contribution in [2.24, 2.45) is 0 Å². The topological polar surface area (TPSA) is 73.2 Å². The Labute approximate surface area is 182 Å². The van der Waals surface area contributed by atoms with Gasteiger partial charge in [0.2, 0.25) is 0 Å². The number of aromatic nitrogens is 3. The normalized spacial score (nSPS) is 18.3. The lowest BCUT2D eigenvalue weighted by Crippen LogP contribution is -2.38. The average Bonchev–Trinajstić information content (AvgIpc) is 3.24. The summed E-state index contributed by atoms with van der Waals surface area (Å²) in [5.74, 6) is 2.47. The molecule has 164 valence electrons. The van der Waals surface area contributed by atoms with Crippen LogP contribution in [-0.2, 0) is 4.74 Å². The standard InChI is InChI=1S/C23H29N5O3/c1-2-18(16-20(3-1)30-15-12-27-10-13-29-14-11-27)23-26-25-22-5-4-21(17-28(22)23)31-19-6-8-24-9-7-19/h1-5,16-17,19,24H,6-15H2. The number of benzene rings is 1. The van der Waals surface area contributed by atoms with Crippen molar-refractivity contribution in [1.82, 2.24) is 24.8 Å². The van der Waals surface area contributed by atoms with E-state index in [1.807, 2.05) is 47.0 Å². The van der Waals surface area contributed by atoms with Gasteiger partial charge in [0.1, 0.15) is 24.2 Å². The molecule has 8 nitrogen and oxygen atoms in total. The second-order valence-corrected chi connectivity index (χ2v) is 8.01. The van der Waals surface area contributed by atoms with Crippen molar-refractivity contribution < 1.29 is 14.2 Å². The third-order valence-corrected chi connectivity index (χ3v) is 5.84. The van der Waals surface area contributed by atoms with E-state index in [9.17, 15) is 0 Å². The minimum atomic E-state index is 0.252. The SMILES string of the molecule is c1cc(OCCN2CCOCC2)cc(-c2nnc3ccc(OC4CCNCC4)cn23)c1. The predicted molar refractivity (Wildman–Crippen MR) is 118 cm³/mol. The van der Waals surface area contributed by atoms with Crippen LogP contribution in [-0.4, -0.2) is 78.1 Å². The van der Waals surface area contributed by atoms with E-state index in [-0.39, 0.29) is 6.10 Å². The predicted octanol–water partition coefficient (Wildman–Crippen LogP) is 2.24. The van der Waals surface area contributed by atoms with Gasteiger partial charge in [0.15, 0.2) is 11.5 Å². The van der Waals surface area contributed by atoms with Crippen LogP contribution >= 0.6 is 0 Å². The molecule has 8 heteroatoms. The molecular formula is C23H29N5O3. The highest BCUT2D eigenvalue weighted by atomic mass is 16.5. The summed E-state index contributed by atoms with van der Waals surface area (Å²) in [5, 5.41) is 12.1. The molecule has 31 heavy (non-hydrogen) atoms. The van der Waals surface area contributed by atoms with Crippen LogP contribution in [0.4, 0.5) is 0 Å². The number of morpholine rings is 1. The van der Waals surface area contributed by atoms with Crippen LogP contribution in [0, 0.1) is 0 Å². The monoisotopic (exact) mass is 423 g/mol. The van der Waals surface area contributed by atoms with Crippen molar-refractivity contribution >= 4 is 5.65 Å². The molecule has 2 aliphatic heterocycles. The zero-order valence-electron chi connectivity index (χ0n) is 17.7. The zero-order valence-corrected chi connectivity index (χ0v) is 17.7. The van der Waals surface area contributed by atoms with E-state index in [0.717, 1.165) is 87.3 Å². The third-order valence-electron chi connectivity index (χ3n) is 5.84. The summed E-state index contributed by atoms with van der Waals surface area (Å²) in [7, 11) is 0. The number of hydrogen-bond donors (Lipinski definition) is 1. The van der Waals surface area contributed by atoms with Crippen LogP contribution in [0.15, 0.2) is 42.6 Å². The van der Waals surface area contributed by atoms with Crippen molar-refractivity contribution in [2.75, 3.05) is 52.5 Å². The Bertz CT molecular complexity index is 996. The molecule has 0 spiro atoms. The molecule has 0 atom stereocenters. The molecule has 1 N–H and O–H groups in total. The minimum absolute atomic E-state index is 0.252. The maximum absolute atomic E-state index is 6.20. The van der Waals surface area contributed by atoms with E-state index in [4.69, 9.17) is 14.2 Å². The summed E-state index contributed by atoms with van der Waals surface area (Å²) >= 11 is 0. The Morgan fingerprint density at radius 2 is 1.90 bits per heavy atom. The zero-order chi connectivity index (χ0) is 20.9. The number of rotatable bonds is 7. The van der Waals surface area contributed by atoms with Gasteiger partial charge in [-0.05, 0) is 50.2 Å². The number of piperidine rings is 1. The maximum Gasteiger partial charge on any atom is 0.168 e. The summed E-state index contributed by atoms with van der Waals surface area (Å²) in [5.41, 5.74) is 1.77. The molecule has 1 aromatic carbocycles. The Hall–Kier alpha value is -2.68. The lowest BCUT2D eigenvalue weighted by Gasteiger charge is -2.26. The van der Waals surface area contributed by atoms with Crippen molar-refractivity contribution in [1.29, 1.82) is 0 Å². The highest BCUT2D eigenvalue weighted by Gasteiger charge is 2.16. The maximum atomic E-state index is 6.20. The van der Waals surface area contributed by atoms with Crippen LogP contribution in [0.3, 0.4) is 0 Å². The van der Waals surface area contributed by atoms with Gasteiger partial charge in [-0.3, -0.25) is 9.30 Å². The van der Waals surface area contributed by atoms with E-state index in [2.05, 4.69) is 20.4 Å². The molecule has 2 saturated heterocycles. The number of pyridine rings is 1. The van der Waals surface area contributed by atoms with E-state index in [0.29, 0.717) is 6.61 Å². The molecule has 5 rings (SSSR count). The molecule has 0 saturated carbocycles. The molecule has 2 aliphatic rings. The quantitative estimate of drug-likeness (QED) is 0.625. The lowest BCUT2D eigenvalue weighted by molar-refractivity contribution is 0.0322. The van der Waals surface area contributed by atoms with Gasteiger partial charge in [0, 0.05) is 25.2 Å². The van der Waals surface area contributed by atoms with Gasteiger partial charge in [0.25, 0.3) is 0 Å². The fourth-order valence-electron chi connectivity index (χ4n) is 4.09. The van der Waals surface area contributed by atoms with Crippen LogP contribution in [0.5, 0.6) is 11.5 Å². The number of nitrogens with one attached hydrogen (secondary N) is 1. The van der Waals surface area contributed by atoms with Gasteiger partial charge >= 0.3 is 0 Å². The van der Waals surface area contributed by atoms with Crippen LogP contribution in [0.1, 0.15) is 12.8 Å². The molecule has 2 fully saturated rings. The van der Waals surface area contributed by atoms with Crippen LogP contribution in [0.2, 0.25) is 0 Å². The first-order valence-corrected chi connectivity index (χ1v) is 11.1. The molecule has 3 aromatic rings. The highest BCUT2D eigenvalue weighted by molar-refractivity contribution is 5.61. The van der Waals surface area contributed by atoms with Crippen LogP contribution in [0.25, 0.3) is 17.0 Å². The summed E-state index contributed by atoms with van der Waals surface area (Å²) in [6.07, 6.45) is 4.29. The molecule has 0 unspecified atom stereocenters. The second kappa shape index (κ2) is 9.64. The van der Waals surface area contributed by atoms with E-state index in [1.165, 1.54) is 0 Å². The number of nitrogens with zero attached hydrogens (tertiary/aromatic N) is 4. The van der Waals surface area contributed by atoms with Gasteiger partial charge in [-0.1, -0.05) is 12.1 Å². The first kappa shape index (κ1) is 20.2. The fourth-order valence-corrected chi connectivity index (χ4v) is 4.09. The Kier molecular flexibility index (Phi) is 6.29. The molecule has 4 heterocycles. The molecule has 2 aromatic heterocycles. The summed E-state index contributed by atoms with van der Waals surface area (Å²) < 4.78 is 19.6. The highest BCUT2D eigenvalue weighted by Crippen LogP contribution is 2.25. The summed E-state index contributed by atoms with van der Waals surface area (Å²) in [6, 6.07) is 12.0. The molecule has 0 amide bonds. The Morgan fingerprint density at radius 1 is 1.03 bits per heavy atom. The van der Waals surface area contributed by atoms with Crippen molar-refractivity contribution in [3.63, 3.8) is 0 Å². The minimum Gasteiger partial charge on any atom is -0.492 e. The Morgan fingerprint density at radius 3 is 2.77 bits per heavy atom. The summed E-state index contributed by atoms with van der Waals surface area (Å²) in [4.78, 5) is 2.36. The number of ether oxygens (including phenoxy) is 3. The first-order chi connectivity index (χ1) is 15.3. The molecule has 0 bridgehead atoms. The molecule has 0 radical (unpaired) electrons. The smallest absolute Gasteiger partial charge is 0.168 e. The first-order valence-electron chi connectivity index (χ1n) is 11.1. The van der Waals surface area contributed by atoms with Gasteiger partial charge in [-0.2, -0.15) is 0 Å². The molecular weight excluding hydrogens is 394 g/mol. The summed E-state index contributed by atoms with van der Waals surface area (Å²) in [6.45, 7) is 7.11. The number of fused-ring (bicyclic) bond motifs is 1. The lowest BCUT2D eigenvalue weighted by atomic mass is 10.1. The van der Waals surface area contributed by atoms with E-state index < -0.39 is 0 Å². The van der Waals surface area contributed by atoms with Crippen molar-refractivity contribution in [3.8, 4) is 22.9 Å². The Balaban J connectivity index is 1.29. The largest absolute Gasteiger partial charge is 0.492 e. The number of hydrogen-bond acceptors (Lipinski definition) is 7. The van der Waals surface area contributed by atoms with Gasteiger partial charge in [0.05, 0.1) is 19.4 Å². The van der Waals surface area contributed by atoms with Gasteiger partial charge in [-0.25, -0.2) is 0 Å². The fraction of sp³-hybridized carbons (Fsp3) is 0.478. The molecule has 0 aliphatic carbocycles. The van der Waals surface area contributed by atoms with E-state index >= 15 is 0 Å². The van der Waals surface area contributed by atoms with Crippen molar-refractivity contribution in [2.45, 2.75) is 18.9 Å². The van der Waals surface area contributed by atoms with Crippen LogP contribution < -0.4 is 14.8 Å². The second-order valence-electron chi connectivity index (χ2n) is 8.01. The van der Waals surface area contributed by atoms with Gasteiger partial charge in [-0.15, -0.1) is 10.2 Å². The third kappa shape index (κ3) is 4.98. The average molecular weight is 424 g/mol. The van der Waals surface area contributed by atoms with Crippen molar-refractivity contribution in [3.05, 3.63) is 42.6 Å². The van der Waals surface area contributed by atoms with Gasteiger partial charge < -0.3 is 19.5 Å². The van der Waals surface area contributed by atoms with E-state index in [1.54, 1.807) is 0 Å².